The van der Waals surface area contributed by atoms with Gasteiger partial charge in [0, 0.05) is 30.2 Å². The van der Waals surface area contributed by atoms with Crippen LogP contribution in [0.4, 0.5) is 0 Å². The van der Waals surface area contributed by atoms with Gasteiger partial charge in [-0.25, -0.2) is 4.79 Å². The second kappa shape index (κ2) is 6.50. The number of ether oxygens (including phenoxy) is 1. The fraction of sp³-hybridized carbons (Fsp3) is 0.556. The molecule has 2 aliphatic heterocycles. The van der Waals surface area contributed by atoms with Gasteiger partial charge in [0.15, 0.2) is 0 Å². The number of nitrogens with zero attached hydrogens (tertiary/aromatic N) is 2. The maximum atomic E-state index is 12.5. The van der Waals surface area contributed by atoms with Crippen molar-refractivity contribution in [2.75, 3.05) is 19.7 Å². The normalized spacial score (nSPS) is 23.1. The molecule has 2 saturated heterocycles. The summed E-state index contributed by atoms with van der Waals surface area (Å²) in [6.45, 7) is 4.27. The van der Waals surface area contributed by atoms with Crippen LogP contribution in [-0.2, 0) is 9.53 Å². The SMILES string of the molecule is Cc1cc2c(cc1Cl)[nH]c(=O)n2C1CCN(C2CCOC(=O)C2)CC1. The Bertz CT molecular complexity index is 864. The molecule has 4 rings (SSSR count). The first-order valence-electron chi connectivity index (χ1n) is 8.83. The maximum absolute atomic E-state index is 12.5. The lowest BCUT2D eigenvalue weighted by Gasteiger charge is -2.38. The average Bonchev–Trinajstić information content (AvgIpc) is 2.90. The Kier molecular flexibility index (Phi) is 4.33. The number of halogens is 1. The van der Waals surface area contributed by atoms with Gasteiger partial charge >= 0.3 is 11.7 Å². The standard InChI is InChI=1S/C18H22ClN3O3/c1-11-8-16-15(10-14(11)19)20-18(24)22(16)12-2-5-21(6-3-12)13-4-7-25-17(23)9-13/h8,10,12-13H,2-7,9H2,1H3,(H,20,24). The minimum absolute atomic E-state index is 0.0728. The predicted octanol–water partition coefficient (Wildman–Crippen LogP) is 2.63. The van der Waals surface area contributed by atoms with Crippen LogP contribution < -0.4 is 5.69 Å². The Labute approximate surface area is 150 Å². The lowest BCUT2D eigenvalue weighted by molar-refractivity contribution is -0.150. The van der Waals surface area contributed by atoms with Crippen LogP contribution in [0.25, 0.3) is 11.0 Å². The zero-order chi connectivity index (χ0) is 17.6. The largest absolute Gasteiger partial charge is 0.466 e. The highest BCUT2D eigenvalue weighted by atomic mass is 35.5. The second-order valence-corrected chi connectivity index (χ2v) is 7.46. The average molecular weight is 364 g/mol. The second-order valence-electron chi connectivity index (χ2n) is 7.05. The number of hydrogen-bond acceptors (Lipinski definition) is 4. The molecule has 0 aliphatic carbocycles. The number of H-pyrrole nitrogens is 1. The Morgan fingerprint density at radius 3 is 2.64 bits per heavy atom. The molecule has 2 aromatic rings. The van der Waals surface area contributed by atoms with E-state index in [2.05, 4.69) is 9.88 Å². The molecule has 3 heterocycles. The number of fused-ring (bicyclic) bond motifs is 1. The Morgan fingerprint density at radius 1 is 1.16 bits per heavy atom. The van der Waals surface area contributed by atoms with Gasteiger partial charge in [-0.1, -0.05) is 11.6 Å². The first kappa shape index (κ1) is 16.7. The van der Waals surface area contributed by atoms with Crippen LogP contribution >= 0.6 is 11.6 Å². The number of imidazole rings is 1. The van der Waals surface area contributed by atoms with Gasteiger partial charge in [0.05, 0.1) is 24.1 Å². The molecule has 1 atom stereocenters. The summed E-state index contributed by atoms with van der Waals surface area (Å²) >= 11 is 6.18. The summed E-state index contributed by atoms with van der Waals surface area (Å²) in [7, 11) is 0. The van der Waals surface area contributed by atoms with E-state index in [1.165, 1.54) is 0 Å². The van der Waals surface area contributed by atoms with Crippen molar-refractivity contribution in [1.82, 2.24) is 14.5 Å². The van der Waals surface area contributed by atoms with Gasteiger partial charge in [0.2, 0.25) is 0 Å². The van der Waals surface area contributed by atoms with Crippen LogP contribution in [0, 0.1) is 6.92 Å². The molecule has 0 amide bonds. The molecular formula is C18H22ClN3O3. The van der Waals surface area contributed by atoms with E-state index in [1.807, 2.05) is 23.6 Å². The smallest absolute Gasteiger partial charge is 0.326 e. The number of carbonyl (C=O) groups excluding carboxylic acids is 1. The van der Waals surface area contributed by atoms with Crippen molar-refractivity contribution in [2.45, 2.75) is 44.7 Å². The van der Waals surface area contributed by atoms with E-state index in [0.29, 0.717) is 18.1 Å². The van der Waals surface area contributed by atoms with Crippen LogP contribution in [0.2, 0.25) is 5.02 Å². The van der Waals surface area contributed by atoms with Crippen molar-refractivity contribution in [3.63, 3.8) is 0 Å². The zero-order valence-corrected chi connectivity index (χ0v) is 15.0. The molecule has 0 saturated carbocycles. The van der Waals surface area contributed by atoms with Crippen LogP contribution in [0.1, 0.15) is 37.3 Å². The highest BCUT2D eigenvalue weighted by molar-refractivity contribution is 6.32. The van der Waals surface area contributed by atoms with E-state index in [1.54, 1.807) is 0 Å². The van der Waals surface area contributed by atoms with Crippen LogP contribution in [0.5, 0.6) is 0 Å². The summed E-state index contributed by atoms with van der Waals surface area (Å²) in [6, 6.07) is 4.27. The Morgan fingerprint density at radius 2 is 1.92 bits per heavy atom. The third-order valence-corrected chi connectivity index (χ3v) is 5.90. The summed E-state index contributed by atoms with van der Waals surface area (Å²) < 4.78 is 6.92. The molecule has 2 fully saturated rings. The van der Waals surface area contributed by atoms with Crippen LogP contribution in [0.3, 0.4) is 0 Å². The van der Waals surface area contributed by atoms with E-state index in [9.17, 15) is 9.59 Å². The molecule has 1 unspecified atom stereocenters. The van der Waals surface area contributed by atoms with Crippen molar-refractivity contribution in [1.29, 1.82) is 0 Å². The quantitative estimate of drug-likeness (QED) is 0.833. The number of carbonyl (C=O) groups is 1. The highest BCUT2D eigenvalue weighted by Crippen LogP contribution is 2.29. The highest BCUT2D eigenvalue weighted by Gasteiger charge is 2.31. The molecule has 7 heteroatoms. The Balaban J connectivity index is 1.54. The Hall–Kier alpha value is -1.79. The van der Waals surface area contributed by atoms with Crippen molar-refractivity contribution in [2.24, 2.45) is 0 Å². The van der Waals surface area contributed by atoms with Crippen molar-refractivity contribution < 1.29 is 9.53 Å². The topological polar surface area (TPSA) is 67.3 Å². The lowest BCUT2D eigenvalue weighted by atomic mass is 9.99. The lowest BCUT2D eigenvalue weighted by Crippen LogP contribution is -2.46. The van der Waals surface area contributed by atoms with Crippen molar-refractivity contribution in [3.05, 3.63) is 33.2 Å². The number of likely N-dealkylation sites (tertiary alicyclic amines) is 1. The molecule has 1 N–H and O–H groups in total. The molecule has 25 heavy (non-hydrogen) atoms. The van der Waals surface area contributed by atoms with Crippen LogP contribution in [-0.4, -0.2) is 46.2 Å². The third kappa shape index (κ3) is 3.09. The van der Waals surface area contributed by atoms with Crippen molar-refractivity contribution in [3.8, 4) is 0 Å². The fourth-order valence-electron chi connectivity index (χ4n) is 4.10. The monoisotopic (exact) mass is 363 g/mol. The number of esters is 1. The van der Waals surface area contributed by atoms with Gasteiger partial charge in [0.1, 0.15) is 0 Å². The van der Waals surface area contributed by atoms with E-state index >= 15 is 0 Å². The van der Waals surface area contributed by atoms with Crippen molar-refractivity contribution >= 4 is 28.6 Å². The molecule has 1 aromatic carbocycles. The summed E-state index contributed by atoms with van der Waals surface area (Å²) in [4.78, 5) is 29.3. The van der Waals surface area contributed by atoms with Gasteiger partial charge < -0.3 is 9.72 Å². The van der Waals surface area contributed by atoms with Gasteiger partial charge in [-0.15, -0.1) is 0 Å². The van der Waals surface area contributed by atoms with E-state index in [-0.39, 0.29) is 23.7 Å². The number of rotatable bonds is 2. The first-order chi connectivity index (χ1) is 12.0. The number of piperidine rings is 1. The summed E-state index contributed by atoms with van der Waals surface area (Å²) in [6.07, 6.45) is 3.19. The van der Waals surface area contributed by atoms with E-state index in [4.69, 9.17) is 16.3 Å². The molecule has 2 aliphatic rings. The molecule has 134 valence electrons. The van der Waals surface area contributed by atoms with Crippen LogP contribution in [0.15, 0.2) is 16.9 Å². The summed E-state index contributed by atoms with van der Waals surface area (Å²) in [5.41, 5.74) is 2.61. The number of benzene rings is 1. The minimum Gasteiger partial charge on any atom is -0.466 e. The molecule has 6 nitrogen and oxygen atoms in total. The first-order valence-corrected chi connectivity index (χ1v) is 9.21. The molecular weight excluding hydrogens is 342 g/mol. The zero-order valence-electron chi connectivity index (χ0n) is 14.3. The fourth-order valence-corrected chi connectivity index (χ4v) is 4.26. The molecule has 1 aromatic heterocycles. The number of nitrogens with one attached hydrogen (secondary N) is 1. The van der Waals surface area contributed by atoms with Gasteiger partial charge in [-0.2, -0.15) is 0 Å². The minimum atomic E-state index is -0.0985. The predicted molar refractivity (Wildman–Crippen MR) is 96.1 cm³/mol. The van der Waals surface area contributed by atoms with E-state index < -0.39 is 0 Å². The third-order valence-electron chi connectivity index (χ3n) is 5.49. The van der Waals surface area contributed by atoms with Gasteiger partial charge in [-0.05, 0) is 43.9 Å². The molecule has 0 bridgehead atoms. The van der Waals surface area contributed by atoms with E-state index in [0.717, 1.165) is 48.9 Å². The molecule has 0 radical (unpaired) electrons. The number of cyclic esters (lactones) is 1. The number of aromatic nitrogens is 2. The molecule has 0 spiro atoms. The number of hydrogen-bond donors (Lipinski definition) is 1. The maximum Gasteiger partial charge on any atom is 0.326 e. The number of aryl methyl sites for hydroxylation is 1. The van der Waals surface area contributed by atoms with Gasteiger partial charge in [-0.3, -0.25) is 14.3 Å². The summed E-state index contributed by atoms with van der Waals surface area (Å²) in [5, 5.41) is 0.667. The number of aromatic amines is 1. The summed E-state index contributed by atoms with van der Waals surface area (Å²) in [5.74, 6) is -0.0985. The van der Waals surface area contributed by atoms with Gasteiger partial charge in [0.25, 0.3) is 0 Å².